The second-order valence-corrected chi connectivity index (χ2v) is 7.20. The first-order valence-corrected chi connectivity index (χ1v) is 10.6. The van der Waals surface area contributed by atoms with Crippen LogP contribution in [0.1, 0.15) is 35.5 Å². The third kappa shape index (κ3) is 5.06. The van der Waals surface area contributed by atoms with E-state index in [1.807, 2.05) is 13.8 Å². The number of nitrogens with two attached hydrogens (primary N) is 1. The van der Waals surface area contributed by atoms with Crippen LogP contribution in [0.4, 0.5) is 9.18 Å². The minimum atomic E-state index is -0.825. The lowest BCUT2D eigenvalue weighted by atomic mass is 10.1. The van der Waals surface area contributed by atoms with Crippen LogP contribution in [-0.2, 0) is 9.53 Å². The van der Waals surface area contributed by atoms with Crippen LogP contribution < -0.4 is 10.5 Å². The van der Waals surface area contributed by atoms with Crippen molar-refractivity contribution in [3.63, 3.8) is 0 Å². The summed E-state index contributed by atoms with van der Waals surface area (Å²) in [4.78, 5) is 38.5. The Bertz CT molecular complexity index is 1250. The molecule has 0 atom stereocenters. The van der Waals surface area contributed by atoms with Crippen LogP contribution in [-0.4, -0.2) is 59.4 Å². The molecule has 0 aliphatic heterocycles. The van der Waals surface area contributed by atoms with Crippen LogP contribution in [0.15, 0.2) is 36.4 Å². The van der Waals surface area contributed by atoms with Crippen molar-refractivity contribution in [2.24, 2.45) is 5.73 Å². The normalized spacial score (nSPS) is 11.1. The van der Waals surface area contributed by atoms with Gasteiger partial charge in [-0.2, -0.15) is 9.78 Å². The van der Waals surface area contributed by atoms with E-state index in [2.05, 4.69) is 5.10 Å². The molecular weight excluding hydrogens is 443 g/mol. The van der Waals surface area contributed by atoms with Gasteiger partial charge < -0.3 is 20.1 Å². The number of carbonyl (C=O) groups is 3. The number of hydrogen-bond acceptors (Lipinski definition) is 6. The van der Waals surface area contributed by atoms with E-state index in [4.69, 9.17) is 15.2 Å². The number of hydrogen-bond donors (Lipinski definition) is 1. The molecule has 34 heavy (non-hydrogen) atoms. The lowest BCUT2D eigenvalue weighted by molar-refractivity contribution is -0.134. The molecule has 9 nitrogen and oxygen atoms in total. The molecular formula is C24H25FN4O5. The Kier molecular flexibility index (Phi) is 7.62. The number of carbonyl (C=O) groups excluding carboxylic acids is 3. The van der Waals surface area contributed by atoms with Gasteiger partial charge in [-0.3, -0.25) is 4.79 Å². The smallest absolute Gasteiger partial charge is 0.342 e. The van der Waals surface area contributed by atoms with Crippen LogP contribution in [0.25, 0.3) is 23.1 Å². The topological polar surface area (TPSA) is 117 Å². The van der Waals surface area contributed by atoms with E-state index < -0.39 is 18.6 Å². The van der Waals surface area contributed by atoms with Crippen LogP contribution in [0.2, 0.25) is 0 Å². The number of methoxy groups -OCH3 is 1. The van der Waals surface area contributed by atoms with Crippen LogP contribution in [0.5, 0.6) is 5.75 Å². The number of primary amides is 1. The Morgan fingerprint density at radius 2 is 1.76 bits per heavy atom. The molecule has 0 radical (unpaired) electrons. The zero-order chi connectivity index (χ0) is 24.8. The number of rotatable bonds is 8. The number of halogens is 1. The number of amides is 2. The number of esters is 1. The molecule has 0 fully saturated rings. The minimum absolute atomic E-state index is 0.0581. The van der Waals surface area contributed by atoms with E-state index >= 15 is 0 Å². The maximum Gasteiger partial charge on any atom is 0.342 e. The zero-order valence-corrected chi connectivity index (χ0v) is 19.1. The number of aromatic nitrogens is 2. The quantitative estimate of drug-likeness (QED) is 0.507. The maximum atomic E-state index is 13.2. The van der Waals surface area contributed by atoms with Crippen molar-refractivity contribution in [1.82, 2.24) is 14.7 Å². The number of fused-ring (bicyclic) bond motifs is 1. The van der Waals surface area contributed by atoms with Crippen LogP contribution in [0.3, 0.4) is 0 Å². The Morgan fingerprint density at radius 3 is 2.35 bits per heavy atom. The second kappa shape index (κ2) is 10.6. The Labute approximate surface area is 195 Å². The summed E-state index contributed by atoms with van der Waals surface area (Å²) in [6.07, 6.45) is 3.26. The van der Waals surface area contributed by atoms with E-state index in [1.54, 1.807) is 29.2 Å². The van der Waals surface area contributed by atoms with Gasteiger partial charge in [0.05, 0.1) is 23.7 Å². The van der Waals surface area contributed by atoms with E-state index in [0.29, 0.717) is 35.2 Å². The molecule has 10 heteroatoms. The maximum absolute atomic E-state index is 13.2. The van der Waals surface area contributed by atoms with Crippen molar-refractivity contribution >= 4 is 41.0 Å². The zero-order valence-electron chi connectivity index (χ0n) is 19.1. The third-order valence-corrected chi connectivity index (χ3v) is 5.21. The third-order valence-electron chi connectivity index (χ3n) is 5.21. The number of likely N-dealkylation sites (N-methyl/N-ethyl adjacent to an activating group) is 1. The summed E-state index contributed by atoms with van der Waals surface area (Å²) >= 11 is 0. The molecule has 0 saturated heterocycles. The Balaban J connectivity index is 2.02. The van der Waals surface area contributed by atoms with Gasteiger partial charge in [-0.05, 0) is 49.8 Å². The second-order valence-electron chi connectivity index (χ2n) is 7.20. The average Bonchev–Trinajstić information content (AvgIpc) is 3.21. The van der Waals surface area contributed by atoms with E-state index in [-0.39, 0.29) is 23.0 Å². The Morgan fingerprint density at radius 1 is 1.09 bits per heavy atom. The molecule has 0 saturated carbocycles. The van der Waals surface area contributed by atoms with Gasteiger partial charge in [0.15, 0.2) is 6.61 Å². The van der Waals surface area contributed by atoms with Crippen molar-refractivity contribution in [2.45, 2.75) is 13.8 Å². The highest BCUT2D eigenvalue weighted by Gasteiger charge is 2.24. The fourth-order valence-corrected chi connectivity index (χ4v) is 3.49. The van der Waals surface area contributed by atoms with Crippen LogP contribution >= 0.6 is 0 Å². The van der Waals surface area contributed by atoms with Gasteiger partial charge in [0.25, 0.3) is 5.91 Å². The number of nitrogens with zero attached hydrogens (tertiary/aromatic N) is 3. The van der Waals surface area contributed by atoms with Gasteiger partial charge in [0, 0.05) is 13.1 Å². The predicted molar refractivity (Wildman–Crippen MR) is 125 cm³/mol. The molecule has 0 spiro atoms. The van der Waals surface area contributed by atoms with Crippen molar-refractivity contribution in [1.29, 1.82) is 0 Å². The molecule has 1 aromatic heterocycles. The SMILES string of the molecule is CCN(CC)C(=O)COC(=O)c1ccc2c(c(C=Cc3ccc(F)cc3)nn2C(N)=O)c1OC. The summed E-state index contributed by atoms with van der Waals surface area (Å²) in [6, 6.07) is 7.86. The fraction of sp³-hybridized carbons (Fsp3) is 0.250. The van der Waals surface area contributed by atoms with E-state index in [1.165, 1.54) is 31.4 Å². The number of ether oxygens (including phenoxy) is 2. The van der Waals surface area contributed by atoms with E-state index in [0.717, 1.165) is 4.68 Å². The summed E-state index contributed by atoms with van der Waals surface area (Å²) in [6.45, 7) is 4.24. The molecule has 2 aromatic carbocycles. The highest BCUT2D eigenvalue weighted by Crippen LogP contribution is 2.34. The van der Waals surface area contributed by atoms with Crippen LogP contribution in [0, 0.1) is 5.82 Å². The lowest BCUT2D eigenvalue weighted by Gasteiger charge is -2.18. The standard InChI is InChI=1S/C24H25FN4O5/c1-4-28(5-2)20(30)14-34-23(31)17-11-13-19-21(22(17)33-3)18(27-29(19)24(26)32)12-8-15-6-9-16(25)10-7-15/h6-13H,4-5,14H2,1-3H3,(H2,26,32). The van der Waals surface area contributed by atoms with Gasteiger partial charge >= 0.3 is 12.0 Å². The summed E-state index contributed by atoms with van der Waals surface area (Å²) in [5, 5.41) is 4.59. The van der Waals surface area contributed by atoms with E-state index in [9.17, 15) is 18.8 Å². The monoisotopic (exact) mass is 468 g/mol. The lowest BCUT2D eigenvalue weighted by Crippen LogP contribution is -2.34. The van der Waals surface area contributed by atoms with Crippen molar-refractivity contribution < 1.29 is 28.2 Å². The molecule has 1 heterocycles. The highest BCUT2D eigenvalue weighted by molar-refractivity contribution is 6.06. The Hall–Kier alpha value is -4.21. The summed E-state index contributed by atoms with van der Waals surface area (Å²) in [5.41, 5.74) is 6.82. The summed E-state index contributed by atoms with van der Waals surface area (Å²) in [7, 11) is 1.36. The number of benzene rings is 2. The first-order chi connectivity index (χ1) is 16.3. The summed E-state index contributed by atoms with van der Waals surface area (Å²) in [5.74, 6) is -1.34. The largest absolute Gasteiger partial charge is 0.495 e. The van der Waals surface area contributed by atoms with Crippen molar-refractivity contribution in [3.05, 3.63) is 59.0 Å². The van der Waals surface area contributed by atoms with Gasteiger partial charge in [-0.25, -0.2) is 14.0 Å². The molecule has 3 rings (SSSR count). The average molecular weight is 468 g/mol. The van der Waals surface area contributed by atoms with Gasteiger partial charge in [-0.1, -0.05) is 18.2 Å². The molecule has 0 aliphatic rings. The first-order valence-electron chi connectivity index (χ1n) is 10.6. The van der Waals surface area contributed by atoms with Gasteiger partial charge in [0.2, 0.25) is 0 Å². The minimum Gasteiger partial charge on any atom is -0.495 e. The fourth-order valence-electron chi connectivity index (χ4n) is 3.49. The molecule has 0 bridgehead atoms. The molecule has 0 unspecified atom stereocenters. The highest BCUT2D eigenvalue weighted by atomic mass is 19.1. The van der Waals surface area contributed by atoms with Crippen molar-refractivity contribution in [3.8, 4) is 5.75 Å². The van der Waals surface area contributed by atoms with Gasteiger partial charge in [-0.15, -0.1) is 0 Å². The van der Waals surface area contributed by atoms with Crippen molar-refractivity contribution in [2.75, 3.05) is 26.8 Å². The molecule has 3 aromatic rings. The summed E-state index contributed by atoms with van der Waals surface area (Å²) < 4.78 is 24.9. The van der Waals surface area contributed by atoms with Gasteiger partial charge in [0.1, 0.15) is 17.1 Å². The molecule has 2 N–H and O–H groups in total. The predicted octanol–water partition coefficient (Wildman–Crippen LogP) is 3.31. The molecule has 0 aliphatic carbocycles. The molecule has 2 amide bonds. The molecule has 178 valence electrons. The first kappa shape index (κ1) is 24.4.